The van der Waals surface area contributed by atoms with Gasteiger partial charge in [-0.15, -0.1) is 0 Å². The van der Waals surface area contributed by atoms with E-state index in [2.05, 4.69) is 5.32 Å². The molecule has 0 aliphatic carbocycles. The Hall–Kier alpha value is -2.69. The summed E-state index contributed by atoms with van der Waals surface area (Å²) in [4.78, 5) is 61.3. The lowest BCUT2D eigenvalue weighted by Crippen LogP contribution is -2.76. The second kappa shape index (κ2) is 12.3. The van der Waals surface area contributed by atoms with Crippen molar-refractivity contribution in [1.29, 1.82) is 0 Å². The number of hydrogen-bond acceptors (Lipinski definition) is 11. The Balaban J connectivity index is 3.59. The molecule has 7 atom stereocenters. The minimum atomic E-state index is -2.45. The van der Waals surface area contributed by atoms with E-state index in [0.29, 0.717) is 4.90 Å². The van der Waals surface area contributed by atoms with Crippen LogP contribution in [0.25, 0.3) is 0 Å². The van der Waals surface area contributed by atoms with E-state index < -0.39 is 97.4 Å². The predicted molar refractivity (Wildman–Crippen MR) is 116 cm³/mol. The molecule has 1 rings (SSSR count). The number of carboxylic acids is 2. The Morgan fingerprint density at radius 3 is 2.14 bits per heavy atom. The number of carbonyl (C=O) groups is 5. The zero-order valence-electron chi connectivity index (χ0n) is 19.9. The normalized spacial score (nSPS) is 27.0. The summed E-state index contributed by atoms with van der Waals surface area (Å²) < 4.78 is 10.9. The highest BCUT2D eigenvalue weighted by atomic mass is 16.6. The molecule has 9 N–H and O–H groups in total. The summed E-state index contributed by atoms with van der Waals surface area (Å²) in [5, 5.41) is 41.1. The molecule has 0 radical (unpaired) electrons. The molecule has 0 saturated carbocycles. The molecule has 15 nitrogen and oxygen atoms in total. The van der Waals surface area contributed by atoms with Crippen LogP contribution in [0.1, 0.15) is 40.5 Å². The Morgan fingerprint density at radius 1 is 1.17 bits per heavy atom. The van der Waals surface area contributed by atoms with Gasteiger partial charge >= 0.3 is 11.9 Å². The van der Waals surface area contributed by atoms with Gasteiger partial charge in [0.2, 0.25) is 11.8 Å². The van der Waals surface area contributed by atoms with Crippen molar-refractivity contribution in [1.82, 2.24) is 10.2 Å². The van der Waals surface area contributed by atoms with E-state index in [1.54, 1.807) is 0 Å². The van der Waals surface area contributed by atoms with Gasteiger partial charge in [-0.2, -0.15) is 0 Å². The standard InChI is InChI=1S/C20H34N4O11/c1-8(2)17(30)24(10(4)26)20(19(22)33,6-5-12(27)28)23-16-13(21)15(34-9(3)18(31)32)14(29)11(7-25)35-16/h8-9,11,13-16,23,25,29H,5-7,21H2,1-4H3,(H2,22,33)(H,27,28)(H,31,32)/t9-,11-,13-,14-,15-,16?,20-/m1/s1. The fourth-order valence-corrected chi connectivity index (χ4v) is 3.66. The number of nitrogens with one attached hydrogen (secondary N) is 1. The smallest absolute Gasteiger partial charge is 0.332 e. The summed E-state index contributed by atoms with van der Waals surface area (Å²) in [7, 11) is 0. The van der Waals surface area contributed by atoms with Gasteiger partial charge in [0.05, 0.1) is 12.6 Å². The Morgan fingerprint density at radius 2 is 1.74 bits per heavy atom. The number of nitrogens with two attached hydrogens (primary N) is 2. The first kappa shape index (κ1) is 30.3. The van der Waals surface area contributed by atoms with Crippen LogP contribution in [-0.4, -0.2) is 104 Å². The Kier molecular flexibility index (Phi) is 10.7. The number of nitrogens with zero attached hydrogens (tertiary/aromatic N) is 1. The third-order valence-corrected chi connectivity index (χ3v) is 5.56. The maximum atomic E-state index is 12.9. The SMILES string of the molecule is CC(=O)N(C(=O)C(C)C)[C@@](CCC(=O)O)(NC1O[C@H](CO)[C@@H](O)[C@H](O[C@H](C)C(=O)O)[C@H]1N)C(N)=O. The van der Waals surface area contributed by atoms with Gasteiger partial charge in [-0.3, -0.25) is 29.4 Å². The van der Waals surface area contributed by atoms with Crippen molar-refractivity contribution in [2.24, 2.45) is 17.4 Å². The largest absolute Gasteiger partial charge is 0.481 e. The van der Waals surface area contributed by atoms with E-state index in [-0.39, 0.29) is 0 Å². The molecule has 0 bridgehead atoms. The van der Waals surface area contributed by atoms with Crippen molar-refractivity contribution in [3.8, 4) is 0 Å². The second-order valence-electron chi connectivity index (χ2n) is 8.54. The quantitative estimate of drug-likeness (QED) is 0.130. The summed E-state index contributed by atoms with van der Waals surface area (Å²) in [5.74, 6) is -6.65. The van der Waals surface area contributed by atoms with Crippen LogP contribution in [0.15, 0.2) is 0 Å². The number of hydrogen-bond donors (Lipinski definition) is 7. The highest BCUT2D eigenvalue weighted by Gasteiger charge is 2.53. The van der Waals surface area contributed by atoms with Crippen LogP contribution in [0.2, 0.25) is 0 Å². The first-order valence-corrected chi connectivity index (χ1v) is 10.8. The molecule has 35 heavy (non-hydrogen) atoms. The average Bonchev–Trinajstić information content (AvgIpc) is 2.75. The predicted octanol–water partition coefficient (Wildman–Crippen LogP) is -3.08. The number of aliphatic hydroxyl groups is 2. The summed E-state index contributed by atoms with van der Waals surface area (Å²) >= 11 is 0. The molecule has 200 valence electrons. The van der Waals surface area contributed by atoms with Crippen molar-refractivity contribution in [3.63, 3.8) is 0 Å². The lowest BCUT2D eigenvalue weighted by molar-refractivity contribution is -0.228. The number of amides is 3. The van der Waals surface area contributed by atoms with Gasteiger partial charge < -0.3 is 41.4 Å². The molecular weight excluding hydrogens is 472 g/mol. The average molecular weight is 507 g/mol. The van der Waals surface area contributed by atoms with E-state index in [0.717, 1.165) is 6.92 Å². The molecule has 3 amide bonds. The van der Waals surface area contributed by atoms with Crippen molar-refractivity contribution in [2.75, 3.05) is 6.61 Å². The highest BCUT2D eigenvalue weighted by molar-refractivity contribution is 6.02. The number of primary amides is 1. The Labute approximate surface area is 201 Å². The fraction of sp³-hybridized carbons (Fsp3) is 0.750. The maximum absolute atomic E-state index is 12.9. The van der Waals surface area contributed by atoms with Gasteiger partial charge in [-0.25, -0.2) is 4.79 Å². The molecule has 0 aromatic carbocycles. The maximum Gasteiger partial charge on any atom is 0.332 e. The minimum absolute atomic E-state index is 0.494. The second-order valence-corrected chi connectivity index (χ2v) is 8.54. The van der Waals surface area contributed by atoms with Crippen molar-refractivity contribution < 1.29 is 53.9 Å². The van der Waals surface area contributed by atoms with Gasteiger partial charge in [0.1, 0.15) is 24.5 Å². The van der Waals surface area contributed by atoms with E-state index in [9.17, 15) is 39.3 Å². The van der Waals surface area contributed by atoms with E-state index >= 15 is 0 Å². The summed E-state index contributed by atoms with van der Waals surface area (Å²) in [6, 6.07) is -1.43. The zero-order chi connectivity index (χ0) is 27.2. The molecule has 0 spiro atoms. The van der Waals surface area contributed by atoms with Crippen molar-refractivity contribution in [3.05, 3.63) is 0 Å². The molecule has 1 saturated heterocycles. The van der Waals surface area contributed by atoms with Crippen LogP contribution in [-0.2, 0) is 33.4 Å². The van der Waals surface area contributed by atoms with Crippen LogP contribution < -0.4 is 16.8 Å². The molecule has 1 aliphatic rings. The highest BCUT2D eigenvalue weighted by Crippen LogP contribution is 2.28. The van der Waals surface area contributed by atoms with Gasteiger partial charge in [0.15, 0.2) is 11.8 Å². The molecule has 1 heterocycles. The lowest BCUT2D eigenvalue weighted by atomic mass is 9.92. The first-order chi connectivity index (χ1) is 16.1. The number of aliphatic carboxylic acids is 2. The van der Waals surface area contributed by atoms with Crippen LogP contribution in [0.4, 0.5) is 0 Å². The van der Waals surface area contributed by atoms with Gasteiger partial charge in [-0.1, -0.05) is 13.8 Å². The molecule has 15 heteroatoms. The fourth-order valence-electron chi connectivity index (χ4n) is 3.66. The summed E-state index contributed by atoms with van der Waals surface area (Å²) in [5.41, 5.74) is 9.31. The van der Waals surface area contributed by atoms with Crippen LogP contribution in [0, 0.1) is 5.92 Å². The molecule has 0 aromatic heterocycles. The molecular formula is C20H34N4O11. The number of aliphatic hydroxyl groups excluding tert-OH is 2. The first-order valence-electron chi connectivity index (χ1n) is 10.8. The van der Waals surface area contributed by atoms with Gasteiger partial charge in [0, 0.05) is 25.7 Å². The van der Waals surface area contributed by atoms with Crippen LogP contribution >= 0.6 is 0 Å². The monoisotopic (exact) mass is 506 g/mol. The zero-order valence-corrected chi connectivity index (χ0v) is 19.9. The van der Waals surface area contributed by atoms with E-state index in [4.69, 9.17) is 26.0 Å². The van der Waals surface area contributed by atoms with E-state index in [1.807, 2.05) is 0 Å². The molecule has 1 unspecified atom stereocenters. The summed E-state index contributed by atoms with van der Waals surface area (Å²) in [6.45, 7) is 4.25. The molecule has 1 aliphatic heterocycles. The van der Waals surface area contributed by atoms with Crippen molar-refractivity contribution in [2.45, 2.75) is 82.9 Å². The van der Waals surface area contributed by atoms with Crippen LogP contribution in [0.3, 0.4) is 0 Å². The minimum Gasteiger partial charge on any atom is -0.481 e. The van der Waals surface area contributed by atoms with Gasteiger partial charge in [0.25, 0.3) is 5.91 Å². The lowest BCUT2D eigenvalue weighted by Gasteiger charge is -2.48. The number of ether oxygens (including phenoxy) is 2. The van der Waals surface area contributed by atoms with Crippen molar-refractivity contribution >= 4 is 29.7 Å². The number of rotatable bonds is 12. The third kappa shape index (κ3) is 6.93. The summed E-state index contributed by atoms with van der Waals surface area (Å²) in [6.07, 6.45) is -8.84. The van der Waals surface area contributed by atoms with Crippen LogP contribution in [0.5, 0.6) is 0 Å². The molecule has 1 fully saturated rings. The molecule has 0 aromatic rings. The number of carbonyl (C=O) groups excluding carboxylic acids is 3. The number of imide groups is 1. The van der Waals surface area contributed by atoms with E-state index in [1.165, 1.54) is 20.8 Å². The Bertz CT molecular complexity index is 823. The number of carboxylic acid groups (broad SMARTS) is 2. The third-order valence-electron chi connectivity index (χ3n) is 5.56. The van der Waals surface area contributed by atoms with Gasteiger partial charge in [-0.05, 0) is 6.92 Å². The topological polar surface area (TPSA) is 252 Å².